The molecule has 0 spiro atoms. The fourth-order valence-corrected chi connectivity index (χ4v) is 5.55. The summed E-state index contributed by atoms with van der Waals surface area (Å²) in [7, 11) is 0. The molecule has 0 saturated carbocycles. The monoisotopic (exact) mass is 616 g/mol. The summed E-state index contributed by atoms with van der Waals surface area (Å²) in [4.78, 5) is 0. The number of hydrogen-bond donors (Lipinski definition) is 0. The van der Waals surface area contributed by atoms with Gasteiger partial charge in [-0.3, -0.25) is 0 Å². The Morgan fingerprint density at radius 3 is 1.09 bits per heavy atom. The molecule has 0 N–H and O–H groups in total. The summed E-state index contributed by atoms with van der Waals surface area (Å²) in [5, 5.41) is 0. The first-order valence-electron chi connectivity index (χ1n) is 10.6. The van der Waals surface area contributed by atoms with Crippen LogP contribution in [0.2, 0.25) is 0 Å². The van der Waals surface area contributed by atoms with E-state index in [1.165, 1.54) is 44.5 Å². The zero-order chi connectivity index (χ0) is 22.8. The summed E-state index contributed by atoms with van der Waals surface area (Å²) in [6, 6.07) is 40.6. The number of benzene rings is 5. The van der Waals surface area contributed by atoms with Crippen LogP contribution in [-0.2, 0) is 0 Å². The third-order valence-corrected chi connectivity index (χ3v) is 7.55. The Morgan fingerprint density at radius 1 is 0.364 bits per heavy atom. The standard InChI is InChI=1S/C30H19Br3/c31-24-15-11-20(12-16-24)26-19-27(21-13-17-25(32)18-14-21)29(23-9-5-2-6-10-23)30(33)28(26)22-7-3-1-4-8-22/h1-19H. The van der Waals surface area contributed by atoms with Crippen molar-refractivity contribution in [1.82, 2.24) is 0 Å². The first-order chi connectivity index (χ1) is 16.1. The van der Waals surface area contributed by atoms with Gasteiger partial charge in [0, 0.05) is 24.5 Å². The van der Waals surface area contributed by atoms with Crippen molar-refractivity contribution in [2.24, 2.45) is 0 Å². The van der Waals surface area contributed by atoms with Crippen molar-refractivity contribution in [3.63, 3.8) is 0 Å². The van der Waals surface area contributed by atoms with Crippen molar-refractivity contribution in [3.05, 3.63) is 129 Å². The molecule has 0 saturated heterocycles. The van der Waals surface area contributed by atoms with Crippen LogP contribution in [-0.4, -0.2) is 0 Å². The molecular formula is C30H19Br3. The Labute approximate surface area is 219 Å². The Hall–Kier alpha value is -2.46. The molecule has 0 unspecified atom stereocenters. The zero-order valence-corrected chi connectivity index (χ0v) is 22.4. The second-order valence-corrected chi connectivity index (χ2v) is 10.4. The Morgan fingerprint density at radius 2 is 0.727 bits per heavy atom. The Bertz CT molecular complexity index is 1280. The number of rotatable bonds is 4. The molecule has 0 aliphatic carbocycles. The molecule has 0 aliphatic rings. The van der Waals surface area contributed by atoms with Crippen LogP contribution in [0.15, 0.2) is 129 Å². The predicted molar refractivity (Wildman–Crippen MR) is 151 cm³/mol. The van der Waals surface area contributed by atoms with Gasteiger partial charge in [-0.05, 0) is 79.6 Å². The molecule has 0 amide bonds. The first-order valence-corrected chi connectivity index (χ1v) is 13.0. The van der Waals surface area contributed by atoms with E-state index in [1.807, 2.05) is 0 Å². The van der Waals surface area contributed by atoms with Gasteiger partial charge in [0.1, 0.15) is 0 Å². The van der Waals surface area contributed by atoms with Crippen molar-refractivity contribution in [1.29, 1.82) is 0 Å². The minimum atomic E-state index is 1.07. The quantitative estimate of drug-likeness (QED) is 0.188. The molecule has 160 valence electrons. The minimum absolute atomic E-state index is 1.07. The molecule has 0 bridgehead atoms. The maximum atomic E-state index is 4.06. The highest BCUT2D eigenvalue weighted by Crippen LogP contribution is 2.48. The van der Waals surface area contributed by atoms with Gasteiger partial charge < -0.3 is 0 Å². The summed E-state index contributed by atoms with van der Waals surface area (Å²) < 4.78 is 3.24. The summed E-state index contributed by atoms with van der Waals surface area (Å²) in [5.74, 6) is 0. The lowest BCUT2D eigenvalue weighted by Crippen LogP contribution is -1.95. The van der Waals surface area contributed by atoms with E-state index in [-0.39, 0.29) is 0 Å². The zero-order valence-electron chi connectivity index (χ0n) is 17.6. The van der Waals surface area contributed by atoms with Crippen LogP contribution in [0.4, 0.5) is 0 Å². The molecule has 0 radical (unpaired) electrons. The second kappa shape index (κ2) is 9.80. The van der Waals surface area contributed by atoms with Gasteiger partial charge in [0.2, 0.25) is 0 Å². The molecule has 33 heavy (non-hydrogen) atoms. The predicted octanol–water partition coefficient (Wildman–Crippen LogP) is 10.6. The number of hydrogen-bond acceptors (Lipinski definition) is 0. The third-order valence-electron chi connectivity index (χ3n) is 5.70. The van der Waals surface area contributed by atoms with Crippen LogP contribution in [0, 0.1) is 0 Å². The van der Waals surface area contributed by atoms with Crippen molar-refractivity contribution >= 4 is 47.8 Å². The van der Waals surface area contributed by atoms with Crippen LogP contribution in [0.3, 0.4) is 0 Å². The molecule has 3 heteroatoms. The molecule has 0 fully saturated rings. The second-order valence-electron chi connectivity index (χ2n) is 7.78. The lowest BCUT2D eigenvalue weighted by Gasteiger charge is -2.21. The first kappa shape index (κ1) is 22.3. The lowest BCUT2D eigenvalue weighted by molar-refractivity contribution is 1.51. The van der Waals surface area contributed by atoms with Crippen molar-refractivity contribution in [2.75, 3.05) is 0 Å². The molecule has 0 atom stereocenters. The van der Waals surface area contributed by atoms with E-state index in [0.29, 0.717) is 0 Å². The lowest BCUT2D eigenvalue weighted by atomic mass is 9.85. The summed E-state index contributed by atoms with van der Waals surface area (Å²) >= 11 is 11.2. The van der Waals surface area contributed by atoms with Crippen LogP contribution >= 0.6 is 47.8 Å². The fraction of sp³-hybridized carbons (Fsp3) is 0. The van der Waals surface area contributed by atoms with Crippen molar-refractivity contribution in [2.45, 2.75) is 0 Å². The normalized spacial score (nSPS) is 10.9. The Kier molecular flexibility index (Phi) is 6.64. The highest BCUT2D eigenvalue weighted by Gasteiger charge is 2.21. The van der Waals surface area contributed by atoms with Gasteiger partial charge in [0.15, 0.2) is 0 Å². The summed E-state index contributed by atoms with van der Waals surface area (Å²) in [6.07, 6.45) is 0. The average molecular weight is 619 g/mol. The van der Waals surface area contributed by atoms with Crippen LogP contribution < -0.4 is 0 Å². The van der Waals surface area contributed by atoms with Gasteiger partial charge in [-0.25, -0.2) is 0 Å². The smallest absolute Gasteiger partial charge is 0.0344 e. The molecule has 0 aromatic heterocycles. The Balaban J connectivity index is 1.89. The largest absolute Gasteiger partial charge is 0.0622 e. The highest BCUT2D eigenvalue weighted by molar-refractivity contribution is 9.11. The molecule has 0 heterocycles. The average Bonchev–Trinajstić information content (AvgIpc) is 2.85. The maximum absolute atomic E-state index is 4.06. The highest BCUT2D eigenvalue weighted by atomic mass is 79.9. The molecular weight excluding hydrogens is 600 g/mol. The molecule has 5 rings (SSSR count). The van der Waals surface area contributed by atoms with Gasteiger partial charge in [-0.1, -0.05) is 117 Å². The summed E-state index contributed by atoms with van der Waals surface area (Å²) in [5.41, 5.74) is 9.49. The summed E-state index contributed by atoms with van der Waals surface area (Å²) in [6.45, 7) is 0. The fourth-order valence-electron chi connectivity index (χ4n) is 4.14. The molecule has 0 aliphatic heterocycles. The van der Waals surface area contributed by atoms with E-state index in [1.54, 1.807) is 0 Å². The third kappa shape index (κ3) is 4.63. The van der Waals surface area contributed by atoms with E-state index in [4.69, 9.17) is 0 Å². The van der Waals surface area contributed by atoms with Crippen molar-refractivity contribution in [3.8, 4) is 44.5 Å². The van der Waals surface area contributed by atoms with Crippen molar-refractivity contribution < 1.29 is 0 Å². The van der Waals surface area contributed by atoms with Gasteiger partial charge in [-0.2, -0.15) is 0 Å². The minimum Gasteiger partial charge on any atom is -0.0622 e. The number of halogens is 3. The van der Waals surface area contributed by atoms with Gasteiger partial charge in [0.25, 0.3) is 0 Å². The van der Waals surface area contributed by atoms with E-state index >= 15 is 0 Å². The van der Waals surface area contributed by atoms with Crippen LogP contribution in [0.25, 0.3) is 44.5 Å². The van der Waals surface area contributed by atoms with E-state index < -0.39 is 0 Å². The molecule has 5 aromatic carbocycles. The molecule has 5 aromatic rings. The van der Waals surface area contributed by atoms with E-state index in [2.05, 4.69) is 163 Å². The van der Waals surface area contributed by atoms with E-state index in [9.17, 15) is 0 Å². The van der Waals surface area contributed by atoms with E-state index in [0.717, 1.165) is 13.4 Å². The molecule has 0 nitrogen and oxygen atoms in total. The van der Waals surface area contributed by atoms with Crippen LogP contribution in [0.5, 0.6) is 0 Å². The van der Waals surface area contributed by atoms with Crippen LogP contribution in [0.1, 0.15) is 0 Å². The maximum Gasteiger partial charge on any atom is 0.0344 e. The topological polar surface area (TPSA) is 0 Å². The van der Waals surface area contributed by atoms with Gasteiger partial charge in [-0.15, -0.1) is 0 Å². The van der Waals surface area contributed by atoms with Gasteiger partial charge >= 0.3 is 0 Å². The SMILES string of the molecule is Brc1ccc(-c2cc(-c3ccc(Br)cc3)c(-c3ccccc3)c(Br)c2-c2ccccc2)cc1. The van der Waals surface area contributed by atoms with Gasteiger partial charge in [0.05, 0.1) is 0 Å².